The molecule has 3 heteroatoms. The van der Waals surface area contributed by atoms with E-state index >= 15 is 0 Å². The van der Waals surface area contributed by atoms with Gasteiger partial charge in [0.05, 0.1) is 20.3 Å². The normalized spacial score (nSPS) is 24.4. The number of aromatic nitrogens is 2. The van der Waals surface area contributed by atoms with E-state index in [-0.39, 0.29) is 18.9 Å². The van der Waals surface area contributed by atoms with Crippen molar-refractivity contribution in [1.82, 2.24) is 14.5 Å². The number of nitrogens with zero attached hydrogens (tertiary/aromatic N) is 3. The fourth-order valence-electron chi connectivity index (χ4n) is 2.78. The van der Waals surface area contributed by atoms with Crippen molar-refractivity contribution in [3.8, 4) is 0 Å². The van der Waals surface area contributed by atoms with Gasteiger partial charge in [-0.25, -0.2) is 4.98 Å². The summed E-state index contributed by atoms with van der Waals surface area (Å²) in [5.41, 5.74) is 3.59. The van der Waals surface area contributed by atoms with Gasteiger partial charge in [-0.3, -0.25) is 4.90 Å². The quantitative estimate of drug-likeness (QED) is 0.726. The summed E-state index contributed by atoms with van der Waals surface area (Å²) in [6.07, 6.45) is -4.26. The third kappa shape index (κ3) is 3.02. The maximum absolute atomic E-state index is 8.77. The van der Waals surface area contributed by atoms with Crippen molar-refractivity contribution in [1.29, 1.82) is 0 Å². The Morgan fingerprint density at radius 1 is 1.09 bits per heavy atom. The van der Waals surface area contributed by atoms with Crippen LogP contribution in [0.15, 0.2) is 48.5 Å². The molecule has 3 aromatic rings. The lowest BCUT2D eigenvalue weighted by atomic mass is 10.1. The van der Waals surface area contributed by atoms with Gasteiger partial charge < -0.3 is 4.57 Å². The number of para-hydroxylation sites is 2. The second-order valence-electron chi connectivity index (χ2n) is 5.82. The van der Waals surface area contributed by atoms with Crippen LogP contribution in [0.5, 0.6) is 0 Å². The summed E-state index contributed by atoms with van der Waals surface area (Å²) in [4.78, 5) is 5.76. The molecule has 0 N–H and O–H groups in total. The van der Waals surface area contributed by atoms with Crippen LogP contribution in [-0.2, 0) is 13.0 Å². The van der Waals surface area contributed by atoms with Gasteiger partial charge in [-0.05, 0) is 50.5 Å². The minimum atomic E-state index is -2.13. The molecule has 1 saturated heterocycles. The predicted octanol–water partition coefficient (Wildman–Crippen LogP) is 3.99. The first-order valence-electron chi connectivity index (χ1n) is 10.8. The highest BCUT2D eigenvalue weighted by Gasteiger charge is 2.17. The molecule has 3 nitrogen and oxygen atoms in total. The SMILES string of the molecule is [2H]C([2H])(c1nc2ccccc2n1Cc1ccc(C)cc1)N1CC([2H])([2H])C([2H])([2H])C1. The van der Waals surface area contributed by atoms with Crippen LogP contribution in [0.25, 0.3) is 11.0 Å². The van der Waals surface area contributed by atoms with Gasteiger partial charge >= 0.3 is 0 Å². The standard InChI is InChI=1S/C20H23N3/c1-16-8-10-17(11-9-16)14-23-19-7-3-2-6-18(19)21-20(23)15-22-12-4-5-13-22/h2-3,6-11H,4-5,12-15H2,1H3/i4D2,5D2,15D2. The van der Waals surface area contributed by atoms with Gasteiger partial charge in [-0.15, -0.1) is 0 Å². The smallest absolute Gasteiger partial charge is 0.124 e. The largest absolute Gasteiger partial charge is 0.322 e. The number of aryl methyl sites for hydroxylation is 1. The van der Waals surface area contributed by atoms with Crippen molar-refractivity contribution in [3.63, 3.8) is 0 Å². The van der Waals surface area contributed by atoms with E-state index in [2.05, 4.69) is 4.98 Å². The molecule has 1 aromatic heterocycles. The maximum atomic E-state index is 8.77. The molecule has 118 valence electrons. The van der Waals surface area contributed by atoms with Crippen molar-refractivity contribution >= 4 is 11.0 Å². The Kier molecular flexibility index (Phi) is 2.48. The molecular weight excluding hydrogens is 282 g/mol. The molecule has 2 heterocycles. The van der Waals surface area contributed by atoms with E-state index in [1.807, 2.05) is 60.0 Å². The molecule has 1 aliphatic rings. The minimum absolute atomic E-state index is 0.160. The van der Waals surface area contributed by atoms with Crippen LogP contribution in [0.4, 0.5) is 0 Å². The van der Waals surface area contributed by atoms with E-state index in [1.54, 1.807) is 0 Å². The first-order valence-corrected chi connectivity index (χ1v) is 7.78. The first kappa shape index (κ1) is 9.24. The lowest BCUT2D eigenvalue weighted by molar-refractivity contribution is 0.318. The Morgan fingerprint density at radius 3 is 2.61 bits per heavy atom. The minimum Gasteiger partial charge on any atom is -0.322 e. The summed E-state index contributed by atoms with van der Waals surface area (Å²) in [6.45, 7) is -0.360. The third-order valence-electron chi connectivity index (χ3n) is 4.04. The molecule has 0 saturated carbocycles. The summed E-state index contributed by atoms with van der Waals surface area (Å²) in [5.74, 6) is 0.160. The number of rotatable bonds is 4. The summed E-state index contributed by atoms with van der Waals surface area (Å²) < 4.78 is 51.3. The number of benzene rings is 2. The van der Waals surface area contributed by atoms with Crippen LogP contribution in [-0.4, -0.2) is 27.5 Å². The highest BCUT2D eigenvalue weighted by molar-refractivity contribution is 5.76. The van der Waals surface area contributed by atoms with E-state index in [4.69, 9.17) is 8.22 Å². The molecule has 1 aliphatic heterocycles. The predicted molar refractivity (Wildman–Crippen MR) is 94.5 cm³/mol. The third-order valence-corrected chi connectivity index (χ3v) is 4.04. The van der Waals surface area contributed by atoms with E-state index in [1.165, 1.54) is 4.90 Å². The van der Waals surface area contributed by atoms with Crippen molar-refractivity contribution in [2.24, 2.45) is 0 Å². The van der Waals surface area contributed by atoms with Gasteiger partial charge in [0.25, 0.3) is 0 Å². The molecule has 0 aliphatic carbocycles. The number of likely N-dealkylation sites (tertiary alicyclic amines) is 1. The van der Waals surface area contributed by atoms with Crippen molar-refractivity contribution in [2.75, 3.05) is 13.1 Å². The molecule has 0 unspecified atom stereocenters. The lowest BCUT2D eigenvalue weighted by Crippen LogP contribution is -2.21. The average Bonchev–Trinajstić information content (AvgIpc) is 3.12. The second kappa shape index (κ2) is 6.17. The Hall–Kier alpha value is -2.13. The zero-order valence-corrected chi connectivity index (χ0v) is 13.1. The lowest BCUT2D eigenvalue weighted by Gasteiger charge is -2.16. The molecule has 4 rings (SSSR count). The Morgan fingerprint density at radius 2 is 1.83 bits per heavy atom. The van der Waals surface area contributed by atoms with Gasteiger partial charge in [0.15, 0.2) is 0 Å². The van der Waals surface area contributed by atoms with E-state index < -0.39 is 19.2 Å². The van der Waals surface area contributed by atoms with Crippen LogP contribution in [0.2, 0.25) is 0 Å². The molecule has 2 aromatic carbocycles. The molecule has 0 amide bonds. The average molecular weight is 311 g/mol. The number of imidazole rings is 1. The van der Waals surface area contributed by atoms with Crippen LogP contribution in [0.1, 0.15) is 37.9 Å². The first-order chi connectivity index (χ1) is 13.5. The zero-order valence-electron chi connectivity index (χ0n) is 19.1. The van der Waals surface area contributed by atoms with Crippen molar-refractivity contribution in [3.05, 3.63) is 65.5 Å². The Bertz CT molecular complexity index is 1030. The zero-order chi connectivity index (χ0) is 21.0. The maximum Gasteiger partial charge on any atom is 0.124 e. The van der Waals surface area contributed by atoms with E-state index in [0.717, 1.165) is 16.6 Å². The summed E-state index contributed by atoms with van der Waals surface area (Å²) in [6, 6.07) is 15.4. The molecule has 0 radical (unpaired) electrons. The number of fused-ring (bicyclic) bond motifs is 1. The highest BCUT2D eigenvalue weighted by Crippen LogP contribution is 2.21. The molecule has 23 heavy (non-hydrogen) atoms. The molecular formula is C20H23N3. The van der Waals surface area contributed by atoms with Gasteiger partial charge in [-0.1, -0.05) is 42.0 Å². The van der Waals surface area contributed by atoms with E-state index in [0.29, 0.717) is 12.1 Å². The molecule has 1 fully saturated rings. The summed E-state index contributed by atoms with van der Waals surface area (Å²) in [7, 11) is 0. The molecule has 0 atom stereocenters. The fraction of sp³-hybridized carbons (Fsp3) is 0.350. The number of hydrogen-bond donors (Lipinski definition) is 0. The Balaban J connectivity index is 1.79. The van der Waals surface area contributed by atoms with Crippen molar-refractivity contribution in [2.45, 2.75) is 32.7 Å². The van der Waals surface area contributed by atoms with Gasteiger partial charge in [0.2, 0.25) is 0 Å². The van der Waals surface area contributed by atoms with Gasteiger partial charge in [0.1, 0.15) is 5.82 Å². The topological polar surface area (TPSA) is 21.1 Å². The van der Waals surface area contributed by atoms with E-state index in [9.17, 15) is 0 Å². The molecule has 0 spiro atoms. The van der Waals surface area contributed by atoms with Gasteiger partial charge in [0, 0.05) is 12.0 Å². The van der Waals surface area contributed by atoms with Crippen LogP contribution < -0.4 is 0 Å². The number of hydrogen-bond acceptors (Lipinski definition) is 2. The van der Waals surface area contributed by atoms with Crippen LogP contribution >= 0.6 is 0 Å². The monoisotopic (exact) mass is 311 g/mol. The van der Waals surface area contributed by atoms with Gasteiger partial charge in [-0.2, -0.15) is 0 Å². The van der Waals surface area contributed by atoms with Crippen LogP contribution in [0, 0.1) is 6.92 Å². The Labute approximate surface area is 146 Å². The second-order valence-corrected chi connectivity index (χ2v) is 5.82. The highest BCUT2D eigenvalue weighted by atomic mass is 15.2. The summed E-state index contributed by atoms with van der Waals surface area (Å²) >= 11 is 0. The van der Waals surface area contributed by atoms with Crippen molar-refractivity contribution < 1.29 is 8.22 Å². The summed E-state index contributed by atoms with van der Waals surface area (Å²) in [5, 5.41) is 0. The molecule has 0 bridgehead atoms. The van der Waals surface area contributed by atoms with Crippen LogP contribution in [0.3, 0.4) is 0 Å². The fourth-order valence-corrected chi connectivity index (χ4v) is 2.78.